The van der Waals surface area contributed by atoms with Crippen molar-refractivity contribution in [3.63, 3.8) is 0 Å². The van der Waals surface area contributed by atoms with Gasteiger partial charge >= 0.3 is 0 Å². The molecule has 0 spiro atoms. The van der Waals surface area contributed by atoms with Crippen LogP contribution in [-0.2, 0) is 14.8 Å². The molecule has 0 radical (unpaired) electrons. The van der Waals surface area contributed by atoms with Crippen LogP contribution in [0.3, 0.4) is 0 Å². The maximum absolute atomic E-state index is 13.8. The predicted molar refractivity (Wildman–Crippen MR) is 127 cm³/mol. The first-order chi connectivity index (χ1) is 15.2. The average molecular weight is 460 g/mol. The number of carbonyl (C=O) groups excluding carboxylic acids is 1. The highest BCUT2D eigenvalue weighted by atomic mass is 32.2. The van der Waals surface area contributed by atoms with E-state index in [0.29, 0.717) is 18.8 Å². The van der Waals surface area contributed by atoms with Crippen LogP contribution in [0.15, 0.2) is 41.3 Å². The summed E-state index contributed by atoms with van der Waals surface area (Å²) >= 11 is 0. The van der Waals surface area contributed by atoms with Gasteiger partial charge in [-0.15, -0.1) is 0 Å². The molecule has 0 saturated carbocycles. The van der Waals surface area contributed by atoms with Crippen LogP contribution >= 0.6 is 0 Å². The molecule has 0 bridgehead atoms. The minimum atomic E-state index is -4.05. The molecule has 32 heavy (non-hydrogen) atoms. The second kappa shape index (κ2) is 9.92. The number of benzene rings is 2. The standard InChI is InChI=1S/C24H33N3O4S/c1-6-25-11-13-26(14-12-25)24(28)17-27(21-9-8-19(3)20(4)16-21)32(29,30)23-15-18(2)7-10-22(23)31-5/h7-10,15-16H,6,11-14,17H2,1-5H3. The number of methoxy groups -OCH3 is 1. The highest BCUT2D eigenvalue weighted by molar-refractivity contribution is 7.93. The predicted octanol–water partition coefficient (Wildman–Crippen LogP) is 2.98. The summed E-state index contributed by atoms with van der Waals surface area (Å²) in [6.45, 7) is 11.3. The molecular weight excluding hydrogens is 426 g/mol. The van der Waals surface area contributed by atoms with Crippen molar-refractivity contribution in [2.24, 2.45) is 0 Å². The van der Waals surface area contributed by atoms with E-state index < -0.39 is 10.0 Å². The zero-order valence-corrected chi connectivity index (χ0v) is 20.4. The molecule has 0 atom stereocenters. The van der Waals surface area contributed by atoms with Crippen LogP contribution in [0.2, 0.25) is 0 Å². The van der Waals surface area contributed by atoms with Crippen LogP contribution in [0.4, 0.5) is 5.69 Å². The lowest BCUT2D eigenvalue weighted by Crippen LogP contribution is -2.51. The lowest BCUT2D eigenvalue weighted by molar-refractivity contribution is -0.131. The molecule has 2 aromatic carbocycles. The van der Waals surface area contributed by atoms with E-state index in [0.717, 1.165) is 36.3 Å². The number of sulfonamides is 1. The summed E-state index contributed by atoms with van der Waals surface area (Å²) in [5.74, 6) is 0.0580. The Hall–Kier alpha value is -2.58. The van der Waals surface area contributed by atoms with E-state index in [1.54, 1.807) is 29.2 Å². The van der Waals surface area contributed by atoms with E-state index >= 15 is 0 Å². The summed E-state index contributed by atoms with van der Waals surface area (Å²) in [4.78, 5) is 17.3. The van der Waals surface area contributed by atoms with E-state index in [9.17, 15) is 13.2 Å². The highest BCUT2D eigenvalue weighted by Crippen LogP contribution is 2.31. The van der Waals surface area contributed by atoms with Gasteiger partial charge in [0.2, 0.25) is 5.91 Å². The van der Waals surface area contributed by atoms with Crippen molar-refractivity contribution in [2.75, 3.05) is 50.7 Å². The Kier molecular flexibility index (Phi) is 7.46. The number of hydrogen-bond donors (Lipinski definition) is 0. The van der Waals surface area contributed by atoms with Crippen molar-refractivity contribution in [1.29, 1.82) is 0 Å². The molecule has 3 rings (SSSR count). The third-order valence-electron chi connectivity index (χ3n) is 6.12. The molecule has 1 aliphatic heterocycles. The van der Waals surface area contributed by atoms with E-state index in [-0.39, 0.29) is 23.1 Å². The van der Waals surface area contributed by atoms with Crippen molar-refractivity contribution in [3.05, 3.63) is 53.1 Å². The Labute approximate surface area is 191 Å². The number of amides is 1. The minimum Gasteiger partial charge on any atom is -0.495 e. The first-order valence-corrected chi connectivity index (χ1v) is 12.4. The number of nitrogens with zero attached hydrogens (tertiary/aromatic N) is 3. The molecule has 0 N–H and O–H groups in total. The molecule has 8 heteroatoms. The monoisotopic (exact) mass is 459 g/mol. The Balaban J connectivity index is 2.00. The molecule has 7 nitrogen and oxygen atoms in total. The van der Waals surface area contributed by atoms with E-state index in [1.165, 1.54) is 11.4 Å². The number of hydrogen-bond acceptors (Lipinski definition) is 5. The van der Waals surface area contributed by atoms with Crippen molar-refractivity contribution in [1.82, 2.24) is 9.80 Å². The van der Waals surface area contributed by atoms with Crippen LogP contribution in [0.1, 0.15) is 23.6 Å². The summed E-state index contributed by atoms with van der Waals surface area (Å²) in [7, 11) is -2.60. The zero-order chi connectivity index (χ0) is 23.5. The second-order valence-corrected chi connectivity index (χ2v) is 10.1. The fraction of sp³-hybridized carbons (Fsp3) is 0.458. The van der Waals surface area contributed by atoms with Gasteiger partial charge in [0.15, 0.2) is 0 Å². The summed E-state index contributed by atoms with van der Waals surface area (Å²) in [5.41, 5.74) is 3.28. The van der Waals surface area contributed by atoms with Crippen LogP contribution < -0.4 is 9.04 Å². The molecule has 1 fully saturated rings. The topological polar surface area (TPSA) is 70.2 Å². The quantitative estimate of drug-likeness (QED) is 0.637. The average Bonchev–Trinajstić information content (AvgIpc) is 2.79. The summed E-state index contributed by atoms with van der Waals surface area (Å²) in [6.07, 6.45) is 0. The third-order valence-corrected chi connectivity index (χ3v) is 7.91. The number of piperazine rings is 1. The molecule has 0 aliphatic carbocycles. The lowest BCUT2D eigenvalue weighted by atomic mass is 10.1. The molecule has 2 aromatic rings. The molecule has 1 amide bonds. The lowest BCUT2D eigenvalue weighted by Gasteiger charge is -2.35. The van der Waals surface area contributed by atoms with Crippen LogP contribution in [0.5, 0.6) is 5.75 Å². The molecule has 0 aromatic heterocycles. The van der Waals surface area contributed by atoms with Gasteiger partial charge in [0.25, 0.3) is 10.0 Å². The summed E-state index contributed by atoms with van der Waals surface area (Å²) < 4.78 is 34.3. The minimum absolute atomic E-state index is 0.0573. The number of anilines is 1. The van der Waals surface area contributed by atoms with Gasteiger partial charge in [-0.05, 0) is 68.3 Å². The maximum Gasteiger partial charge on any atom is 0.268 e. The third kappa shape index (κ3) is 5.07. The largest absolute Gasteiger partial charge is 0.495 e. The summed E-state index contributed by atoms with van der Waals surface area (Å²) in [6, 6.07) is 10.5. The first kappa shape index (κ1) is 24.1. The molecule has 0 unspecified atom stereocenters. The van der Waals surface area contributed by atoms with Crippen molar-refractivity contribution >= 4 is 21.6 Å². The Morgan fingerprint density at radius 3 is 2.28 bits per heavy atom. The number of aryl methyl sites for hydroxylation is 3. The van der Waals surface area contributed by atoms with Crippen molar-refractivity contribution in [3.8, 4) is 5.75 Å². The first-order valence-electron chi connectivity index (χ1n) is 10.9. The zero-order valence-electron chi connectivity index (χ0n) is 19.6. The van der Waals surface area contributed by atoms with E-state index in [2.05, 4.69) is 11.8 Å². The SMILES string of the molecule is CCN1CCN(C(=O)CN(c2ccc(C)c(C)c2)S(=O)(=O)c2cc(C)ccc2OC)CC1. The molecule has 1 aliphatic rings. The number of rotatable bonds is 7. The number of ether oxygens (including phenoxy) is 1. The number of likely N-dealkylation sites (N-methyl/N-ethyl adjacent to an activating group) is 1. The normalized spacial score (nSPS) is 15.0. The van der Waals surface area contributed by atoms with Crippen LogP contribution in [0, 0.1) is 20.8 Å². The van der Waals surface area contributed by atoms with Crippen LogP contribution in [0.25, 0.3) is 0 Å². The van der Waals surface area contributed by atoms with Gasteiger partial charge in [-0.1, -0.05) is 19.1 Å². The Morgan fingerprint density at radius 1 is 1.00 bits per heavy atom. The highest BCUT2D eigenvalue weighted by Gasteiger charge is 2.32. The van der Waals surface area contributed by atoms with Gasteiger partial charge in [0, 0.05) is 26.2 Å². The smallest absolute Gasteiger partial charge is 0.268 e. The molecule has 1 heterocycles. The fourth-order valence-corrected chi connectivity index (χ4v) is 5.49. The van der Waals surface area contributed by atoms with E-state index in [1.807, 2.05) is 32.9 Å². The summed E-state index contributed by atoms with van der Waals surface area (Å²) in [5, 5.41) is 0. The van der Waals surface area contributed by atoms with Gasteiger partial charge in [-0.2, -0.15) is 0 Å². The van der Waals surface area contributed by atoms with Crippen molar-refractivity contribution < 1.29 is 17.9 Å². The molecule has 1 saturated heterocycles. The Morgan fingerprint density at radius 2 is 1.69 bits per heavy atom. The fourth-order valence-electron chi connectivity index (χ4n) is 3.84. The van der Waals surface area contributed by atoms with Gasteiger partial charge in [-0.25, -0.2) is 8.42 Å². The van der Waals surface area contributed by atoms with Crippen LogP contribution in [-0.4, -0.2) is 70.5 Å². The van der Waals surface area contributed by atoms with E-state index in [4.69, 9.17) is 4.74 Å². The Bertz CT molecular complexity index is 1080. The second-order valence-electron chi connectivity index (χ2n) is 8.25. The molecule has 174 valence electrons. The van der Waals surface area contributed by atoms with Crippen molar-refractivity contribution in [2.45, 2.75) is 32.6 Å². The van der Waals surface area contributed by atoms with Gasteiger partial charge in [-0.3, -0.25) is 9.10 Å². The van der Waals surface area contributed by atoms with Gasteiger partial charge in [0.1, 0.15) is 17.2 Å². The van der Waals surface area contributed by atoms with Gasteiger partial charge in [0.05, 0.1) is 12.8 Å². The molecular formula is C24H33N3O4S. The number of carbonyl (C=O) groups is 1. The maximum atomic E-state index is 13.8. The van der Waals surface area contributed by atoms with Gasteiger partial charge < -0.3 is 14.5 Å².